The number of aliphatic hydroxyl groups excluding tert-OH is 1. The Hall–Kier alpha value is -0.980. The van der Waals surface area contributed by atoms with E-state index in [1.165, 1.54) is 44.9 Å². The van der Waals surface area contributed by atoms with Crippen molar-refractivity contribution in [1.29, 1.82) is 0 Å². The van der Waals surface area contributed by atoms with Crippen LogP contribution in [0.15, 0.2) is 0 Å². The van der Waals surface area contributed by atoms with Crippen LogP contribution in [0, 0.1) is 23.7 Å². The zero-order valence-corrected chi connectivity index (χ0v) is 23.1. The second kappa shape index (κ2) is 16.8. The Morgan fingerprint density at radius 3 is 2.39 bits per heavy atom. The summed E-state index contributed by atoms with van der Waals surface area (Å²) in [5.74, 6) is 0.216. The molecule has 210 valence electrons. The fraction of sp³-hybridized carbons (Fsp3) is 0.933. The number of aliphatic carboxylic acids is 1. The number of carboxylic acids is 1. The van der Waals surface area contributed by atoms with Crippen LogP contribution < -0.4 is 0 Å². The first-order valence-corrected chi connectivity index (χ1v) is 15.0. The number of aliphatic hydroxyl groups is 2. The monoisotopic (exact) mass is 510 g/mol. The molecule has 0 heterocycles. The number of unbranched alkanes of at least 4 members (excludes halogenated alkanes) is 4. The van der Waals surface area contributed by atoms with Gasteiger partial charge < -0.3 is 20.1 Å². The molecule has 2 fully saturated rings. The summed E-state index contributed by atoms with van der Waals surface area (Å²) in [6, 6.07) is 0. The Kier molecular flexibility index (Phi) is 14.6. The number of carboxylic acid groups (broad SMARTS) is 1. The van der Waals surface area contributed by atoms with Gasteiger partial charge in [0.05, 0.1) is 30.8 Å². The van der Waals surface area contributed by atoms with Crippen LogP contribution >= 0.6 is 0 Å². The molecular formula is C30H54O6. The van der Waals surface area contributed by atoms with Crippen molar-refractivity contribution in [1.82, 2.24) is 0 Å². The maximum Gasteiger partial charge on any atom is 0.306 e. The normalized spacial score (nSPS) is 25.3. The molecule has 0 aromatic heterocycles. The van der Waals surface area contributed by atoms with Crippen LogP contribution in [-0.4, -0.2) is 52.0 Å². The molecule has 0 saturated heterocycles. The molecule has 6 nitrogen and oxygen atoms in total. The van der Waals surface area contributed by atoms with Crippen LogP contribution in [0.3, 0.4) is 0 Å². The van der Waals surface area contributed by atoms with Crippen molar-refractivity contribution >= 4 is 11.8 Å². The van der Waals surface area contributed by atoms with Gasteiger partial charge in [-0.3, -0.25) is 9.59 Å². The lowest BCUT2D eigenvalue weighted by molar-refractivity contribution is -0.142. The zero-order valence-electron chi connectivity index (χ0n) is 23.1. The van der Waals surface area contributed by atoms with E-state index < -0.39 is 11.6 Å². The van der Waals surface area contributed by atoms with Gasteiger partial charge in [0.2, 0.25) is 0 Å². The zero-order chi connectivity index (χ0) is 26.4. The molecule has 5 atom stereocenters. The number of ketones is 1. The summed E-state index contributed by atoms with van der Waals surface area (Å²) in [6.45, 7) is 4.04. The predicted molar refractivity (Wildman–Crippen MR) is 143 cm³/mol. The number of rotatable bonds is 20. The van der Waals surface area contributed by atoms with E-state index in [4.69, 9.17) is 4.74 Å². The Labute approximate surface area is 219 Å². The van der Waals surface area contributed by atoms with Gasteiger partial charge in [0, 0.05) is 12.3 Å². The maximum absolute atomic E-state index is 12.9. The molecule has 0 aromatic carbocycles. The maximum atomic E-state index is 12.9. The number of ether oxygens (including phenoxy) is 1. The summed E-state index contributed by atoms with van der Waals surface area (Å²) < 4.78 is 5.87. The van der Waals surface area contributed by atoms with Crippen molar-refractivity contribution < 1.29 is 29.6 Å². The average Bonchev–Trinajstić information content (AvgIpc) is 3.46. The first kappa shape index (κ1) is 31.2. The van der Waals surface area contributed by atoms with Gasteiger partial charge >= 0.3 is 5.97 Å². The Bertz CT molecular complexity index is 627. The molecule has 2 aliphatic carbocycles. The molecule has 2 unspecified atom stereocenters. The van der Waals surface area contributed by atoms with Crippen molar-refractivity contribution in [2.75, 3.05) is 13.2 Å². The minimum atomic E-state index is -0.725. The Morgan fingerprint density at radius 2 is 1.72 bits per heavy atom. The average molecular weight is 511 g/mol. The van der Waals surface area contributed by atoms with E-state index in [0.29, 0.717) is 25.7 Å². The first-order valence-electron chi connectivity index (χ1n) is 15.0. The van der Waals surface area contributed by atoms with Crippen LogP contribution in [0.5, 0.6) is 0 Å². The van der Waals surface area contributed by atoms with E-state index in [-0.39, 0.29) is 42.9 Å². The van der Waals surface area contributed by atoms with Crippen LogP contribution in [0.1, 0.15) is 129 Å². The SMILES string of the molecule is CCC(CCCCC[C@H]1C(=O)C[C@@H](OCCO)[C@@H]1CCC(C)(O)CCCCCC1CCCC1)C(=O)O. The van der Waals surface area contributed by atoms with Crippen LogP contribution in [0.25, 0.3) is 0 Å². The summed E-state index contributed by atoms with van der Waals surface area (Å²) in [7, 11) is 0. The quantitative estimate of drug-likeness (QED) is 0.166. The minimum Gasteiger partial charge on any atom is -0.481 e. The number of carbonyl (C=O) groups excluding carboxylic acids is 1. The van der Waals surface area contributed by atoms with Crippen molar-refractivity contribution in [3.05, 3.63) is 0 Å². The van der Waals surface area contributed by atoms with Gasteiger partial charge in [0.1, 0.15) is 5.78 Å². The van der Waals surface area contributed by atoms with Crippen molar-refractivity contribution in [3.63, 3.8) is 0 Å². The largest absolute Gasteiger partial charge is 0.481 e. The molecule has 6 heteroatoms. The lowest BCUT2D eigenvalue weighted by Crippen LogP contribution is -2.30. The number of carbonyl (C=O) groups is 2. The third kappa shape index (κ3) is 11.2. The van der Waals surface area contributed by atoms with Gasteiger partial charge in [-0.15, -0.1) is 0 Å². The van der Waals surface area contributed by atoms with E-state index in [2.05, 4.69) is 0 Å². The standard InChI is InChI=1S/C30H54O6/c1-3-24(29(33)34)15-7-4-8-16-25-26(28(22-27(25)32)36-21-20-31)17-19-30(2,35)18-11-5-6-12-23-13-9-10-14-23/h23-26,28,31,35H,3-22H2,1-2H3,(H,33,34)/t24?,25-,26-,28-,30?/m1/s1. The van der Waals surface area contributed by atoms with E-state index >= 15 is 0 Å². The summed E-state index contributed by atoms with van der Waals surface area (Å²) >= 11 is 0. The summed E-state index contributed by atoms with van der Waals surface area (Å²) in [5, 5.41) is 29.5. The van der Waals surface area contributed by atoms with Crippen molar-refractivity contribution in [2.24, 2.45) is 23.7 Å². The molecular weight excluding hydrogens is 456 g/mol. The highest BCUT2D eigenvalue weighted by atomic mass is 16.5. The molecule has 36 heavy (non-hydrogen) atoms. The number of hydrogen-bond donors (Lipinski definition) is 3. The van der Waals surface area contributed by atoms with Crippen molar-refractivity contribution in [2.45, 2.75) is 141 Å². The van der Waals surface area contributed by atoms with E-state index in [0.717, 1.165) is 50.9 Å². The number of hydrogen-bond acceptors (Lipinski definition) is 5. The van der Waals surface area contributed by atoms with Crippen molar-refractivity contribution in [3.8, 4) is 0 Å². The molecule has 0 radical (unpaired) electrons. The third-order valence-corrected chi connectivity index (χ3v) is 8.96. The molecule has 2 rings (SSSR count). The first-order chi connectivity index (χ1) is 17.3. The van der Waals surface area contributed by atoms with Gasteiger partial charge in [-0.25, -0.2) is 0 Å². The lowest BCUT2D eigenvalue weighted by atomic mass is 9.82. The molecule has 0 bridgehead atoms. The molecule has 0 aromatic rings. The summed E-state index contributed by atoms with van der Waals surface area (Å²) in [6.07, 6.45) is 17.8. The highest BCUT2D eigenvalue weighted by Crippen LogP contribution is 2.40. The van der Waals surface area contributed by atoms with Crippen LogP contribution in [0.2, 0.25) is 0 Å². The van der Waals surface area contributed by atoms with Gasteiger partial charge in [-0.2, -0.15) is 0 Å². The van der Waals surface area contributed by atoms with Gasteiger partial charge in [0.15, 0.2) is 0 Å². The minimum absolute atomic E-state index is 0.0528. The molecule has 0 amide bonds. The van der Waals surface area contributed by atoms with Gasteiger partial charge in [-0.05, 0) is 57.3 Å². The van der Waals surface area contributed by atoms with E-state index in [1.54, 1.807) is 0 Å². The Morgan fingerprint density at radius 1 is 1.03 bits per heavy atom. The molecule has 3 N–H and O–H groups in total. The smallest absolute Gasteiger partial charge is 0.306 e. The van der Waals surface area contributed by atoms with E-state index in [9.17, 15) is 24.9 Å². The Balaban J connectivity index is 1.77. The second-order valence-corrected chi connectivity index (χ2v) is 11.9. The van der Waals surface area contributed by atoms with Gasteiger partial charge in [-0.1, -0.05) is 77.6 Å². The second-order valence-electron chi connectivity index (χ2n) is 11.9. The van der Waals surface area contributed by atoms with Crippen LogP contribution in [0.4, 0.5) is 0 Å². The molecule has 2 aliphatic rings. The highest BCUT2D eigenvalue weighted by molar-refractivity contribution is 5.84. The molecule has 0 spiro atoms. The highest BCUT2D eigenvalue weighted by Gasteiger charge is 2.43. The van der Waals surface area contributed by atoms with Gasteiger partial charge in [0.25, 0.3) is 0 Å². The fourth-order valence-electron chi connectivity index (χ4n) is 6.60. The summed E-state index contributed by atoms with van der Waals surface area (Å²) in [5.41, 5.74) is -0.725. The lowest BCUT2D eigenvalue weighted by Gasteiger charge is -2.29. The predicted octanol–water partition coefficient (Wildman–Crippen LogP) is 6.30. The fourth-order valence-corrected chi connectivity index (χ4v) is 6.60. The molecule has 2 saturated carbocycles. The number of Topliss-reactive ketones (excluding diaryl/α,β-unsaturated/α-hetero) is 1. The van der Waals surface area contributed by atoms with Crippen LogP contribution in [-0.2, 0) is 14.3 Å². The summed E-state index contributed by atoms with van der Waals surface area (Å²) in [4.78, 5) is 24.1. The van der Waals surface area contributed by atoms with E-state index in [1.807, 2.05) is 13.8 Å². The molecule has 0 aliphatic heterocycles. The topological polar surface area (TPSA) is 104 Å². The third-order valence-electron chi connectivity index (χ3n) is 8.96.